The molecule has 0 amide bonds. The smallest absolute Gasteiger partial charge is 0.172 e. The third-order valence-corrected chi connectivity index (χ3v) is 6.32. The molecule has 1 aromatic carbocycles. The van der Waals surface area contributed by atoms with Gasteiger partial charge < -0.3 is 15.1 Å². The van der Waals surface area contributed by atoms with E-state index in [1.165, 1.54) is 5.56 Å². The minimum absolute atomic E-state index is 0.204. The van der Waals surface area contributed by atoms with Gasteiger partial charge in [0.05, 0.1) is 36.5 Å². The highest BCUT2D eigenvalue weighted by Crippen LogP contribution is 2.30. The Hall–Kier alpha value is -4.19. The lowest BCUT2D eigenvalue weighted by molar-refractivity contribution is 0.515. The number of nitrogens with one attached hydrogen (secondary N) is 1. The summed E-state index contributed by atoms with van der Waals surface area (Å²) in [5, 5.41) is 18.4. The minimum atomic E-state index is 0.204. The molecule has 9 heteroatoms. The first-order valence-corrected chi connectivity index (χ1v) is 11.1. The highest BCUT2D eigenvalue weighted by atomic mass is 15.4. The molecule has 4 aromatic rings. The summed E-state index contributed by atoms with van der Waals surface area (Å²) >= 11 is 0. The number of para-hydroxylation sites is 1. The fraction of sp³-hybridized carbons (Fsp3) is 0.292. The molecule has 33 heavy (non-hydrogen) atoms. The third-order valence-electron chi connectivity index (χ3n) is 6.32. The van der Waals surface area contributed by atoms with Gasteiger partial charge in [-0.1, -0.05) is 18.2 Å². The molecule has 1 N–H and O–H groups in total. The van der Waals surface area contributed by atoms with Crippen LogP contribution < -0.4 is 15.1 Å². The van der Waals surface area contributed by atoms with Crippen LogP contribution in [-0.4, -0.2) is 50.4 Å². The quantitative estimate of drug-likeness (QED) is 0.520. The van der Waals surface area contributed by atoms with Gasteiger partial charge in [0.25, 0.3) is 0 Å². The summed E-state index contributed by atoms with van der Waals surface area (Å²) in [5.41, 5.74) is 3.63. The molecule has 6 rings (SSSR count). The maximum absolute atomic E-state index is 9.36. The van der Waals surface area contributed by atoms with Crippen LogP contribution in [0.15, 0.2) is 48.8 Å². The van der Waals surface area contributed by atoms with Crippen molar-refractivity contribution in [3.63, 3.8) is 0 Å². The Balaban J connectivity index is 1.21. The molecule has 0 aliphatic carbocycles. The molecule has 3 aromatic heterocycles. The number of nitriles is 1. The van der Waals surface area contributed by atoms with Crippen molar-refractivity contribution in [3.05, 3.63) is 65.7 Å². The summed E-state index contributed by atoms with van der Waals surface area (Å²) in [7, 11) is 0. The lowest BCUT2D eigenvalue weighted by Gasteiger charge is -2.42. The zero-order valence-electron chi connectivity index (χ0n) is 18.3. The van der Waals surface area contributed by atoms with Gasteiger partial charge in [-0.05, 0) is 30.7 Å². The fourth-order valence-electron chi connectivity index (χ4n) is 4.60. The van der Waals surface area contributed by atoms with Crippen LogP contribution in [0.3, 0.4) is 0 Å². The zero-order chi connectivity index (χ0) is 22.4. The number of pyridine rings is 1. The summed E-state index contributed by atoms with van der Waals surface area (Å²) in [6.45, 7) is 6.05. The summed E-state index contributed by atoms with van der Waals surface area (Å²) in [6, 6.07) is 14.7. The predicted octanol–water partition coefficient (Wildman–Crippen LogP) is 2.72. The Bertz CT molecular complexity index is 1380. The van der Waals surface area contributed by atoms with E-state index in [0.717, 1.165) is 54.4 Å². The van der Waals surface area contributed by atoms with Crippen molar-refractivity contribution in [2.24, 2.45) is 0 Å². The lowest BCUT2D eigenvalue weighted by atomic mass is 10.1. The van der Waals surface area contributed by atoms with Crippen molar-refractivity contribution in [1.29, 1.82) is 5.26 Å². The van der Waals surface area contributed by atoms with Crippen molar-refractivity contribution in [2.75, 3.05) is 34.8 Å². The molecule has 0 unspecified atom stereocenters. The number of benzene rings is 1. The van der Waals surface area contributed by atoms with Crippen molar-refractivity contribution in [1.82, 2.24) is 24.7 Å². The first kappa shape index (κ1) is 19.5. The highest BCUT2D eigenvalue weighted by Gasteiger charge is 2.31. The van der Waals surface area contributed by atoms with E-state index in [9.17, 15) is 5.26 Å². The van der Waals surface area contributed by atoms with E-state index in [4.69, 9.17) is 4.98 Å². The number of hydrogen-bond donors (Lipinski definition) is 1. The molecule has 0 atom stereocenters. The topological polar surface area (TPSA) is 98.8 Å². The molecule has 1 fully saturated rings. The number of hydrogen-bond acceptors (Lipinski definition) is 8. The van der Waals surface area contributed by atoms with Gasteiger partial charge in [0.2, 0.25) is 0 Å². The van der Waals surface area contributed by atoms with E-state index in [-0.39, 0.29) is 6.04 Å². The van der Waals surface area contributed by atoms with E-state index in [1.54, 1.807) is 6.20 Å². The second kappa shape index (κ2) is 7.74. The Morgan fingerprint density at radius 3 is 2.82 bits per heavy atom. The van der Waals surface area contributed by atoms with Crippen LogP contribution in [0.1, 0.15) is 17.0 Å². The highest BCUT2D eigenvalue weighted by molar-refractivity contribution is 5.82. The summed E-state index contributed by atoms with van der Waals surface area (Å²) in [6.07, 6.45) is 3.37. The lowest BCUT2D eigenvalue weighted by Crippen LogP contribution is -2.55. The van der Waals surface area contributed by atoms with Crippen LogP contribution in [0.2, 0.25) is 0 Å². The molecule has 0 saturated carbocycles. The van der Waals surface area contributed by atoms with Crippen LogP contribution in [0.5, 0.6) is 0 Å². The molecule has 5 heterocycles. The molecule has 0 bridgehead atoms. The van der Waals surface area contributed by atoms with Crippen molar-refractivity contribution >= 4 is 28.4 Å². The van der Waals surface area contributed by atoms with E-state index >= 15 is 0 Å². The maximum Gasteiger partial charge on any atom is 0.172 e. The van der Waals surface area contributed by atoms with Gasteiger partial charge in [-0.15, -0.1) is 0 Å². The van der Waals surface area contributed by atoms with E-state index in [1.807, 2.05) is 35.1 Å². The number of fused-ring (bicyclic) bond motifs is 2. The first-order valence-electron chi connectivity index (χ1n) is 11.1. The largest absolute Gasteiger partial charge is 0.361 e. The van der Waals surface area contributed by atoms with E-state index < -0.39 is 0 Å². The molecule has 0 radical (unpaired) electrons. The number of aryl methyl sites for hydroxylation is 1. The van der Waals surface area contributed by atoms with Gasteiger partial charge >= 0.3 is 0 Å². The van der Waals surface area contributed by atoms with Gasteiger partial charge in [-0.2, -0.15) is 10.4 Å². The van der Waals surface area contributed by atoms with Gasteiger partial charge in [-0.3, -0.25) is 4.68 Å². The average Bonchev–Trinajstić information content (AvgIpc) is 3.29. The molecule has 164 valence electrons. The normalized spacial score (nSPS) is 15.8. The van der Waals surface area contributed by atoms with Crippen LogP contribution in [-0.2, 0) is 13.1 Å². The molecule has 9 nitrogen and oxygen atoms in total. The summed E-state index contributed by atoms with van der Waals surface area (Å²) in [5.74, 6) is 2.46. The van der Waals surface area contributed by atoms with Crippen LogP contribution in [0, 0.1) is 18.3 Å². The van der Waals surface area contributed by atoms with Crippen molar-refractivity contribution < 1.29 is 0 Å². The number of aromatic nitrogens is 5. The number of anilines is 3. The Morgan fingerprint density at radius 1 is 1.06 bits per heavy atom. The van der Waals surface area contributed by atoms with Gasteiger partial charge in [0.1, 0.15) is 11.9 Å². The number of rotatable bonds is 4. The Labute approximate surface area is 191 Å². The van der Waals surface area contributed by atoms with Gasteiger partial charge in [0.15, 0.2) is 17.3 Å². The maximum atomic E-state index is 9.36. The first-order chi connectivity index (χ1) is 16.2. The molecular weight excluding hydrogens is 414 g/mol. The van der Waals surface area contributed by atoms with Crippen molar-refractivity contribution in [3.8, 4) is 6.07 Å². The second-order valence-corrected chi connectivity index (χ2v) is 8.57. The molecule has 1 saturated heterocycles. The molecule has 0 spiro atoms. The average molecular weight is 438 g/mol. The molecular formula is C24H23N9. The summed E-state index contributed by atoms with van der Waals surface area (Å²) < 4.78 is 2.02. The van der Waals surface area contributed by atoms with Crippen LogP contribution in [0.25, 0.3) is 10.9 Å². The van der Waals surface area contributed by atoms with Crippen LogP contribution >= 0.6 is 0 Å². The third kappa shape index (κ3) is 3.49. The van der Waals surface area contributed by atoms with Crippen LogP contribution in [0.4, 0.5) is 17.5 Å². The van der Waals surface area contributed by atoms with E-state index in [2.05, 4.69) is 55.3 Å². The monoisotopic (exact) mass is 437 g/mol. The minimum Gasteiger partial charge on any atom is -0.361 e. The van der Waals surface area contributed by atoms with Gasteiger partial charge in [-0.25, -0.2) is 15.0 Å². The zero-order valence-corrected chi connectivity index (χ0v) is 18.3. The molecule has 2 aliphatic rings. The van der Waals surface area contributed by atoms with Gasteiger partial charge in [0, 0.05) is 31.2 Å². The standard InChI is InChI=1S/C24H23N9/c1-16-10-17-4-2-3-5-21(17)30-23(16)32-13-19(14-32)29-22-24(26-12-18(11-25)28-22)31-8-9-33-20(15-31)6-7-27-33/h2-7,10,12,19H,8-9,13-15H2,1H3,(H,28,29). The number of nitrogens with zero attached hydrogens (tertiary/aromatic N) is 8. The predicted molar refractivity (Wildman–Crippen MR) is 126 cm³/mol. The fourth-order valence-corrected chi connectivity index (χ4v) is 4.60. The SMILES string of the molecule is Cc1cc2ccccc2nc1N1CC(Nc2nc(C#N)cnc2N2CCn3nccc3C2)C1. The van der Waals surface area contributed by atoms with E-state index in [0.29, 0.717) is 18.1 Å². The second-order valence-electron chi connectivity index (χ2n) is 8.57. The Kier molecular flexibility index (Phi) is 4.57. The molecule has 2 aliphatic heterocycles. The summed E-state index contributed by atoms with van der Waals surface area (Å²) in [4.78, 5) is 18.5. The Morgan fingerprint density at radius 2 is 1.94 bits per heavy atom. The van der Waals surface area contributed by atoms with Crippen molar-refractivity contribution in [2.45, 2.75) is 26.1 Å².